The van der Waals surface area contributed by atoms with Crippen molar-refractivity contribution in [2.75, 3.05) is 13.2 Å². The summed E-state index contributed by atoms with van der Waals surface area (Å²) in [5.41, 5.74) is 7.65. The lowest BCUT2D eigenvalue weighted by molar-refractivity contribution is 0.328. The Morgan fingerprint density at radius 2 is 1.88 bits per heavy atom. The molecule has 82 valence electrons. The number of rotatable bonds is 4. The van der Waals surface area contributed by atoms with Crippen LogP contribution in [0, 0.1) is 0 Å². The molecule has 1 aromatic carbocycles. The highest BCUT2D eigenvalue weighted by molar-refractivity contribution is 5.64. The second-order valence-corrected chi connectivity index (χ2v) is 3.40. The fraction of sp³-hybridized carbons (Fsp3) is 0.154. The highest BCUT2D eigenvalue weighted by Gasteiger charge is 1.98. The summed E-state index contributed by atoms with van der Waals surface area (Å²) in [5.74, 6) is 0.847. The van der Waals surface area contributed by atoms with Crippen LogP contribution in [-0.4, -0.2) is 18.1 Å². The van der Waals surface area contributed by atoms with E-state index in [1.165, 1.54) is 0 Å². The van der Waals surface area contributed by atoms with Gasteiger partial charge in [0.1, 0.15) is 12.4 Å². The van der Waals surface area contributed by atoms with Crippen molar-refractivity contribution in [3.63, 3.8) is 0 Å². The summed E-state index contributed by atoms with van der Waals surface area (Å²) in [6.45, 7) is 1.07. The molecular formula is C13H14N2O. The number of hydrogen-bond donors (Lipinski definition) is 1. The van der Waals surface area contributed by atoms with E-state index in [-0.39, 0.29) is 0 Å². The van der Waals surface area contributed by atoms with Gasteiger partial charge in [-0.15, -0.1) is 0 Å². The summed E-state index contributed by atoms with van der Waals surface area (Å²) in [7, 11) is 0. The Labute approximate surface area is 94.9 Å². The van der Waals surface area contributed by atoms with Gasteiger partial charge in [0.25, 0.3) is 0 Å². The molecule has 2 N–H and O–H groups in total. The number of aromatic nitrogens is 1. The van der Waals surface area contributed by atoms with E-state index < -0.39 is 0 Å². The standard InChI is InChI=1S/C13H14N2O/c14-6-9-16-13-3-1-2-12(10-13)11-4-7-15-8-5-11/h1-5,7-8,10H,6,9,14H2. The van der Waals surface area contributed by atoms with Gasteiger partial charge >= 0.3 is 0 Å². The molecule has 0 aliphatic carbocycles. The van der Waals surface area contributed by atoms with Crippen LogP contribution in [0.5, 0.6) is 5.75 Å². The van der Waals surface area contributed by atoms with Crippen LogP contribution in [-0.2, 0) is 0 Å². The predicted molar refractivity (Wildman–Crippen MR) is 64.2 cm³/mol. The van der Waals surface area contributed by atoms with E-state index in [0.29, 0.717) is 13.2 Å². The average Bonchev–Trinajstić information content (AvgIpc) is 2.38. The molecule has 0 saturated heterocycles. The maximum absolute atomic E-state index is 5.48. The third-order valence-electron chi connectivity index (χ3n) is 2.23. The monoisotopic (exact) mass is 214 g/mol. The molecule has 0 unspecified atom stereocenters. The smallest absolute Gasteiger partial charge is 0.119 e. The molecular weight excluding hydrogens is 200 g/mol. The Hall–Kier alpha value is -1.87. The van der Waals surface area contributed by atoms with Gasteiger partial charge in [0, 0.05) is 18.9 Å². The zero-order chi connectivity index (χ0) is 11.2. The van der Waals surface area contributed by atoms with Crippen molar-refractivity contribution in [2.45, 2.75) is 0 Å². The van der Waals surface area contributed by atoms with Crippen molar-refractivity contribution in [3.8, 4) is 16.9 Å². The maximum Gasteiger partial charge on any atom is 0.119 e. The molecule has 2 aromatic rings. The van der Waals surface area contributed by atoms with Gasteiger partial charge in [-0.05, 0) is 35.4 Å². The largest absolute Gasteiger partial charge is 0.492 e. The first-order valence-corrected chi connectivity index (χ1v) is 5.23. The van der Waals surface area contributed by atoms with Crippen molar-refractivity contribution in [1.29, 1.82) is 0 Å². The van der Waals surface area contributed by atoms with Crippen LogP contribution < -0.4 is 10.5 Å². The number of pyridine rings is 1. The maximum atomic E-state index is 5.48. The molecule has 0 saturated carbocycles. The molecule has 0 spiro atoms. The summed E-state index contributed by atoms with van der Waals surface area (Å²) in [6, 6.07) is 11.9. The molecule has 0 aliphatic heterocycles. The summed E-state index contributed by atoms with van der Waals surface area (Å²) in [4.78, 5) is 4.00. The van der Waals surface area contributed by atoms with Crippen LogP contribution in [0.1, 0.15) is 0 Å². The number of hydrogen-bond acceptors (Lipinski definition) is 3. The molecule has 0 aliphatic rings. The highest BCUT2D eigenvalue weighted by atomic mass is 16.5. The zero-order valence-electron chi connectivity index (χ0n) is 8.97. The molecule has 2 rings (SSSR count). The Morgan fingerprint density at radius 3 is 2.62 bits per heavy atom. The SMILES string of the molecule is NCCOc1cccc(-c2ccncc2)c1. The third-order valence-corrected chi connectivity index (χ3v) is 2.23. The fourth-order valence-electron chi connectivity index (χ4n) is 1.49. The van der Waals surface area contributed by atoms with Gasteiger partial charge in [-0.1, -0.05) is 12.1 Å². The molecule has 0 amide bonds. The van der Waals surface area contributed by atoms with E-state index in [0.717, 1.165) is 16.9 Å². The number of nitrogens with zero attached hydrogens (tertiary/aromatic N) is 1. The number of ether oxygens (including phenoxy) is 1. The second kappa shape index (κ2) is 5.28. The van der Waals surface area contributed by atoms with Crippen LogP contribution in [0.15, 0.2) is 48.8 Å². The molecule has 3 heteroatoms. The van der Waals surface area contributed by atoms with Gasteiger partial charge in [-0.3, -0.25) is 4.98 Å². The molecule has 3 nitrogen and oxygen atoms in total. The van der Waals surface area contributed by atoms with Crippen LogP contribution in [0.4, 0.5) is 0 Å². The zero-order valence-corrected chi connectivity index (χ0v) is 8.97. The minimum absolute atomic E-state index is 0.527. The highest BCUT2D eigenvalue weighted by Crippen LogP contribution is 2.22. The van der Waals surface area contributed by atoms with E-state index in [1.54, 1.807) is 12.4 Å². The van der Waals surface area contributed by atoms with Crippen molar-refractivity contribution in [3.05, 3.63) is 48.8 Å². The average molecular weight is 214 g/mol. The number of nitrogens with two attached hydrogens (primary N) is 1. The molecule has 0 atom stereocenters. The Kier molecular flexibility index (Phi) is 3.51. The molecule has 0 fully saturated rings. The first-order chi connectivity index (χ1) is 7.90. The molecule has 0 bridgehead atoms. The second-order valence-electron chi connectivity index (χ2n) is 3.40. The van der Waals surface area contributed by atoms with Crippen LogP contribution in [0.2, 0.25) is 0 Å². The van der Waals surface area contributed by atoms with Gasteiger partial charge in [-0.2, -0.15) is 0 Å². The summed E-state index contributed by atoms with van der Waals surface area (Å²) in [6.07, 6.45) is 3.56. The van der Waals surface area contributed by atoms with Crippen LogP contribution in [0.25, 0.3) is 11.1 Å². The normalized spacial score (nSPS) is 10.1. The van der Waals surface area contributed by atoms with E-state index >= 15 is 0 Å². The Balaban J connectivity index is 2.22. The van der Waals surface area contributed by atoms with Crippen molar-refractivity contribution in [1.82, 2.24) is 4.98 Å². The van der Waals surface area contributed by atoms with Crippen molar-refractivity contribution in [2.24, 2.45) is 5.73 Å². The lowest BCUT2D eigenvalue weighted by Crippen LogP contribution is -2.10. The van der Waals surface area contributed by atoms with Crippen molar-refractivity contribution >= 4 is 0 Å². The minimum atomic E-state index is 0.527. The molecule has 16 heavy (non-hydrogen) atoms. The summed E-state index contributed by atoms with van der Waals surface area (Å²) >= 11 is 0. The minimum Gasteiger partial charge on any atom is -0.492 e. The lowest BCUT2D eigenvalue weighted by atomic mass is 10.1. The number of benzene rings is 1. The molecule has 0 radical (unpaired) electrons. The summed E-state index contributed by atoms with van der Waals surface area (Å²) in [5, 5.41) is 0. The quantitative estimate of drug-likeness (QED) is 0.847. The molecule has 1 heterocycles. The molecule has 1 aromatic heterocycles. The van der Waals surface area contributed by atoms with Crippen LogP contribution in [0.3, 0.4) is 0 Å². The topological polar surface area (TPSA) is 48.1 Å². The van der Waals surface area contributed by atoms with E-state index in [4.69, 9.17) is 10.5 Å². The first-order valence-electron chi connectivity index (χ1n) is 5.23. The van der Waals surface area contributed by atoms with Gasteiger partial charge in [0.05, 0.1) is 0 Å². The van der Waals surface area contributed by atoms with Gasteiger partial charge in [0.15, 0.2) is 0 Å². The fourth-order valence-corrected chi connectivity index (χ4v) is 1.49. The first kappa shape index (κ1) is 10.6. The van der Waals surface area contributed by atoms with E-state index in [1.807, 2.05) is 36.4 Å². The van der Waals surface area contributed by atoms with Crippen molar-refractivity contribution < 1.29 is 4.74 Å². The van der Waals surface area contributed by atoms with E-state index in [9.17, 15) is 0 Å². The van der Waals surface area contributed by atoms with Gasteiger partial charge in [0.2, 0.25) is 0 Å². The lowest BCUT2D eigenvalue weighted by Gasteiger charge is -2.06. The van der Waals surface area contributed by atoms with E-state index in [2.05, 4.69) is 4.98 Å². The third kappa shape index (κ3) is 2.58. The predicted octanol–water partition coefficient (Wildman–Crippen LogP) is 2.09. The Bertz CT molecular complexity index is 443. The summed E-state index contributed by atoms with van der Waals surface area (Å²) < 4.78 is 5.48. The van der Waals surface area contributed by atoms with Gasteiger partial charge < -0.3 is 10.5 Å². The van der Waals surface area contributed by atoms with Gasteiger partial charge in [-0.25, -0.2) is 0 Å². The Morgan fingerprint density at radius 1 is 1.06 bits per heavy atom. The van der Waals surface area contributed by atoms with Crippen LogP contribution >= 0.6 is 0 Å².